The Balaban J connectivity index is 1.79. The standard InChI is InChI=1S/C17H24F3N3O3S/c1-15(2)12-4-5-16(15,13(24)8-12)11-27(25,26)22(3)9-14-21-6-7-23(14)10-17(18,19)20/h6-7,12H,4-5,8-11H2,1-3H3. The largest absolute Gasteiger partial charge is 0.406 e. The summed E-state index contributed by atoms with van der Waals surface area (Å²) in [5.41, 5.74) is -1.31. The van der Waals surface area contributed by atoms with E-state index in [2.05, 4.69) is 4.98 Å². The Morgan fingerprint density at radius 2 is 2.04 bits per heavy atom. The molecule has 0 aromatic carbocycles. The molecule has 1 aromatic rings. The minimum atomic E-state index is -4.43. The Bertz CT molecular complexity index is 847. The van der Waals surface area contributed by atoms with Gasteiger partial charge in [0.15, 0.2) is 0 Å². The van der Waals surface area contributed by atoms with Crippen LogP contribution < -0.4 is 0 Å². The van der Waals surface area contributed by atoms with E-state index in [1.807, 2.05) is 13.8 Å². The highest BCUT2D eigenvalue weighted by Gasteiger charge is 2.65. The molecular weight excluding hydrogens is 383 g/mol. The first-order chi connectivity index (χ1) is 12.3. The molecule has 10 heteroatoms. The van der Waals surface area contributed by atoms with Gasteiger partial charge in [0.1, 0.15) is 18.2 Å². The van der Waals surface area contributed by atoms with Crippen molar-refractivity contribution >= 4 is 15.8 Å². The highest BCUT2D eigenvalue weighted by molar-refractivity contribution is 7.89. The van der Waals surface area contributed by atoms with E-state index in [0.29, 0.717) is 12.8 Å². The zero-order valence-electron chi connectivity index (χ0n) is 15.6. The van der Waals surface area contributed by atoms with Gasteiger partial charge in [-0.3, -0.25) is 4.79 Å². The summed E-state index contributed by atoms with van der Waals surface area (Å²) >= 11 is 0. The van der Waals surface area contributed by atoms with Gasteiger partial charge < -0.3 is 4.57 Å². The van der Waals surface area contributed by atoms with Crippen molar-refractivity contribution in [3.05, 3.63) is 18.2 Å². The van der Waals surface area contributed by atoms with Crippen LogP contribution in [-0.4, -0.2) is 47.0 Å². The van der Waals surface area contributed by atoms with E-state index >= 15 is 0 Å². The molecule has 27 heavy (non-hydrogen) atoms. The maximum atomic E-state index is 12.9. The van der Waals surface area contributed by atoms with Crippen molar-refractivity contribution in [2.24, 2.45) is 16.7 Å². The monoisotopic (exact) mass is 407 g/mol. The highest BCUT2D eigenvalue weighted by atomic mass is 32.2. The van der Waals surface area contributed by atoms with Crippen molar-refractivity contribution in [1.29, 1.82) is 0 Å². The lowest BCUT2D eigenvalue weighted by molar-refractivity contribution is -0.141. The van der Waals surface area contributed by atoms with Crippen molar-refractivity contribution in [2.75, 3.05) is 12.8 Å². The summed E-state index contributed by atoms with van der Waals surface area (Å²) in [6.45, 7) is 2.38. The maximum absolute atomic E-state index is 12.9. The van der Waals surface area contributed by atoms with Gasteiger partial charge in [-0.25, -0.2) is 13.4 Å². The van der Waals surface area contributed by atoms with Crippen LogP contribution in [0.2, 0.25) is 0 Å². The average molecular weight is 407 g/mol. The van der Waals surface area contributed by atoms with Crippen LogP contribution in [0.15, 0.2) is 12.4 Å². The number of ketones is 1. The number of hydrogen-bond acceptors (Lipinski definition) is 4. The molecule has 1 heterocycles. The fourth-order valence-electron chi connectivity index (χ4n) is 4.66. The van der Waals surface area contributed by atoms with Gasteiger partial charge in [-0.15, -0.1) is 0 Å². The molecule has 2 aliphatic rings. The number of carbonyl (C=O) groups is 1. The second kappa shape index (κ2) is 6.30. The number of halogens is 3. The van der Waals surface area contributed by atoms with Crippen LogP contribution in [0.3, 0.4) is 0 Å². The summed E-state index contributed by atoms with van der Waals surface area (Å²) in [4.78, 5) is 16.4. The predicted molar refractivity (Wildman–Crippen MR) is 92.1 cm³/mol. The molecule has 0 radical (unpaired) electrons. The zero-order valence-corrected chi connectivity index (χ0v) is 16.4. The molecule has 2 saturated carbocycles. The lowest BCUT2D eigenvalue weighted by Gasteiger charge is -2.37. The Kier molecular flexibility index (Phi) is 4.74. The minimum absolute atomic E-state index is 0.0113. The first-order valence-electron chi connectivity index (χ1n) is 8.83. The molecule has 0 spiro atoms. The lowest BCUT2D eigenvalue weighted by Crippen LogP contribution is -2.45. The summed E-state index contributed by atoms with van der Waals surface area (Å²) in [5.74, 6) is -0.119. The zero-order chi connectivity index (χ0) is 20.3. The number of alkyl halides is 3. The van der Waals surface area contributed by atoms with Gasteiger partial charge in [0.2, 0.25) is 10.0 Å². The molecule has 2 atom stereocenters. The quantitative estimate of drug-likeness (QED) is 0.727. The molecule has 1 aromatic heterocycles. The number of carbonyl (C=O) groups excluding carboxylic acids is 1. The summed E-state index contributed by atoms with van der Waals surface area (Å²) in [7, 11) is -2.53. The van der Waals surface area contributed by atoms with Crippen LogP contribution in [0.5, 0.6) is 0 Å². The number of Topliss-reactive ketones (excluding diaryl/α,β-unsaturated/α-hetero) is 1. The van der Waals surface area contributed by atoms with Crippen LogP contribution >= 0.6 is 0 Å². The maximum Gasteiger partial charge on any atom is 0.406 e. The molecule has 152 valence electrons. The number of imidazole rings is 1. The molecule has 2 aliphatic carbocycles. The first kappa shape index (κ1) is 20.3. The molecule has 2 unspecified atom stereocenters. The van der Waals surface area contributed by atoms with Gasteiger partial charge in [-0.2, -0.15) is 17.5 Å². The van der Waals surface area contributed by atoms with Crippen LogP contribution in [0.4, 0.5) is 13.2 Å². The number of aromatic nitrogens is 2. The summed E-state index contributed by atoms with van der Waals surface area (Å²) in [6.07, 6.45) is -0.265. The first-order valence-corrected chi connectivity index (χ1v) is 10.4. The van der Waals surface area contributed by atoms with Crippen molar-refractivity contribution in [2.45, 2.75) is 52.4 Å². The minimum Gasteiger partial charge on any atom is -0.325 e. The molecule has 0 amide bonds. The third-order valence-corrected chi connectivity index (χ3v) is 8.49. The van der Waals surface area contributed by atoms with Gasteiger partial charge in [-0.1, -0.05) is 13.8 Å². The Morgan fingerprint density at radius 3 is 2.56 bits per heavy atom. The number of rotatable bonds is 6. The Labute approximate surface area is 156 Å². The van der Waals surface area contributed by atoms with Crippen LogP contribution in [-0.2, 0) is 27.9 Å². The fraction of sp³-hybridized carbons (Fsp3) is 0.765. The van der Waals surface area contributed by atoms with Crippen molar-refractivity contribution in [1.82, 2.24) is 13.9 Å². The Morgan fingerprint density at radius 1 is 1.37 bits per heavy atom. The molecule has 3 rings (SSSR count). The van der Waals surface area contributed by atoms with E-state index in [-0.39, 0.29) is 29.8 Å². The van der Waals surface area contributed by atoms with Gasteiger partial charge in [0.25, 0.3) is 0 Å². The second-order valence-corrected chi connectivity index (χ2v) is 10.3. The summed E-state index contributed by atoms with van der Waals surface area (Å²) in [6, 6.07) is 0. The van der Waals surface area contributed by atoms with E-state index in [9.17, 15) is 26.4 Å². The number of hydrogen-bond donors (Lipinski definition) is 0. The lowest BCUT2D eigenvalue weighted by atomic mass is 9.70. The van der Waals surface area contributed by atoms with E-state index in [0.717, 1.165) is 15.3 Å². The smallest absolute Gasteiger partial charge is 0.325 e. The topological polar surface area (TPSA) is 72.3 Å². The van der Waals surface area contributed by atoms with Crippen LogP contribution in [0.25, 0.3) is 0 Å². The van der Waals surface area contributed by atoms with Gasteiger partial charge in [-0.05, 0) is 24.2 Å². The van der Waals surface area contributed by atoms with Crippen molar-refractivity contribution < 1.29 is 26.4 Å². The number of nitrogens with zero attached hydrogens (tertiary/aromatic N) is 3. The van der Waals surface area contributed by atoms with Crippen LogP contribution in [0, 0.1) is 16.7 Å². The van der Waals surface area contributed by atoms with E-state index in [1.165, 1.54) is 19.4 Å². The summed E-state index contributed by atoms with van der Waals surface area (Å²) < 4.78 is 65.7. The number of fused-ring (bicyclic) bond motifs is 2. The number of sulfonamides is 1. The molecule has 0 saturated heterocycles. The predicted octanol–water partition coefficient (Wildman–Crippen LogP) is 2.60. The van der Waals surface area contributed by atoms with Gasteiger partial charge in [0.05, 0.1) is 12.3 Å². The second-order valence-electron chi connectivity index (χ2n) is 8.27. The SMILES string of the molecule is CN(Cc1nccn1CC(F)(F)F)S(=O)(=O)CC12CCC(CC1=O)C2(C)C. The van der Waals surface area contributed by atoms with Gasteiger partial charge in [0, 0.05) is 31.3 Å². The molecule has 6 nitrogen and oxygen atoms in total. The Hall–Kier alpha value is -1.42. The summed E-state index contributed by atoms with van der Waals surface area (Å²) in [5, 5.41) is 0. The van der Waals surface area contributed by atoms with Gasteiger partial charge >= 0.3 is 6.18 Å². The molecule has 2 bridgehead atoms. The molecule has 0 aliphatic heterocycles. The highest BCUT2D eigenvalue weighted by Crippen LogP contribution is 2.64. The third-order valence-electron chi connectivity index (χ3n) is 6.56. The normalized spacial score (nSPS) is 27.7. The van der Waals surface area contributed by atoms with E-state index < -0.39 is 33.6 Å². The molecule has 0 N–H and O–H groups in total. The fourth-order valence-corrected chi connectivity index (χ4v) is 6.49. The average Bonchev–Trinajstić information content (AvgIpc) is 3.07. The third kappa shape index (κ3) is 3.41. The molecular formula is C17H24F3N3O3S. The van der Waals surface area contributed by atoms with Crippen molar-refractivity contribution in [3.8, 4) is 0 Å². The van der Waals surface area contributed by atoms with E-state index in [1.54, 1.807) is 0 Å². The van der Waals surface area contributed by atoms with E-state index in [4.69, 9.17) is 0 Å². The molecule has 2 fully saturated rings. The van der Waals surface area contributed by atoms with Crippen molar-refractivity contribution in [3.63, 3.8) is 0 Å². The van der Waals surface area contributed by atoms with Crippen LogP contribution in [0.1, 0.15) is 38.9 Å².